The van der Waals surface area contributed by atoms with Crippen molar-refractivity contribution in [2.24, 2.45) is 5.73 Å². The SMILES string of the molecule is C=CC(N)=O.CCC[N+](CC)(CCC)CCC. The fourth-order valence-electron chi connectivity index (χ4n) is 2.23. The summed E-state index contributed by atoms with van der Waals surface area (Å²) in [6, 6.07) is 0. The molecule has 2 N–H and O–H groups in total. The van der Waals surface area contributed by atoms with E-state index in [9.17, 15) is 4.79 Å². The number of primary amides is 1. The summed E-state index contributed by atoms with van der Waals surface area (Å²) in [5, 5.41) is 0. The number of quaternary nitrogens is 1. The van der Waals surface area contributed by atoms with Crippen molar-refractivity contribution in [3.63, 3.8) is 0 Å². The predicted octanol–water partition coefficient (Wildman–Crippen LogP) is 2.71. The number of carbonyl (C=O) groups is 1. The quantitative estimate of drug-likeness (QED) is 0.517. The topological polar surface area (TPSA) is 43.1 Å². The summed E-state index contributed by atoms with van der Waals surface area (Å²) < 4.78 is 1.35. The van der Waals surface area contributed by atoms with E-state index in [0.717, 1.165) is 6.08 Å². The van der Waals surface area contributed by atoms with Gasteiger partial charge in [0.05, 0.1) is 26.2 Å². The molecule has 0 atom stereocenters. The number of nitrogens with two attached hydrogens (primary N) is 1. The van der Waals surface area contributed by atoms with Gasteiger partial charge >= 0.3 is 0 Å². The van der Waals surface area contributed by atoms with Crippen molar-refractivity contribution < 1.29 is 9.28 Å². The van der Waals surface area contributed by atoms with Gasteiger partial charge in [0.2, 0.25) is 5.91 Å². The molecular formula is C14H31N2O+. The molecule has 3 nitrogen and oxygen atoms in total. The van der Waals surface area contributed by atoms with E-state index in [1.807, 2.05) is 0 Å². The Hall–Kier alpha value is -0.830. The van der Waals surface area contributed by atoms with Crippen molar-refractivity contribution in [3.8, 4) is 0 Å². The van der Waals surface area contributed by atoms with Crippen molar-refractivity contribution in [2.45, 2.75) is 47.0 Å². The van der Waals surface area contributed by atoms with E-state index < -0.39 is 5.91 Å². The Morgan fingerprint density at radius 1 is 1.06 bits per heavy atom. The molecule has 0 heterocycles. The fraction of sp³-hybridized carbons (Fsp3) is 0.786. The molecule has 3 heteroatoms. The molecule has 0 saturated heterocycles. The molecule has 0 aliphatic rings. The molecule has 0 spiro atoms. The molecule has 0 rings (SSSR count). The minimum absolute atomic E-state index is 0.481. The number of carbonyl (C=O) groups excluding carboxylic acids is 1. The maximum Gasteiger partial charge on any atom is 0.240 e. The molecule has 17 heavy (non-hydrogen) atoms. The first-order valence-corrected chi connectivity index (χ1v) is 6.78. The number of rotatable bonds is 8. The fourth-order valence-corrected chi connectivity index (χ4v) is 2.23. The first-order chi connectivity index (χ1) is 8.01. The summed E-state index contributed by atoms with van der Waals surface area (Å²) in [5.41, 5.74) is 4.53. The van der Waals surface area contributed by atoms with Gasteiger partial charge in [0.25, 0.3) is 0 Å². The second-order valence-corrected chi connectivity index (χ2v) is 4.44. The van der Waals surface area contributed by atoms with E-state index in [2.05, 4.69) is 40.0 Å². The standard InChI is InChI=1S/C11H26N.C3H5NO/c1-5-9-12(8-4,10-6-2)11-7-3;1-2-3(4)5/h5-11H2,1-4H3;2H,1H2,(H2,4,5)/q+1;. The molecule has 102 valence electrons. The number of hydrogen-bond donors (Lipinski definition) is 1. The molecule has 0 aliphatic heterocycles. The second kappa shape index (κ2) is 11.6. The van der Waals surface area contributed by atoms with Crippen LogP contribution in [0.4, 0.5) is 0 Å². The molecule has 0 aromatic carbocycles. The highest BCUT2D eigenvalue weighted by molar-refractivity contribution is 5.84. The Morgan fingerprint density at radius 3 is 1.47 bits per heavy atom. The van der Waals surface area contributed by atoms with Crippen molar-refractivity contribution in [2.75, 3.05) is 26.2 Å². The smallest absolute Gasteiger partial charge is 0.240 e. The third-order valence-electron chi connectivity index (χ3n) is 2.97. The van der Waals surface area contributed by atoms with Gasteiger partial charge in [-0.1, -0.05) is 27.4 Å². The lowest BCUT2D eigenvalue weighted by atomic mass is 10.2. The Balaban J connectivity index is 0. The zero-order valence-corrected chi connectivity index (χ0v) is 12.2. The first-order valence-electron chi connectivity index (χ1n) is 6.78. The number of hydrogen-bond acceptors (Lipinski definition) is 1. The number of nitrogens with zero attached hydrogens (tertiary/aromatic N) is 1. The van der Waals surface area contributed by atoms with E-state index >= 15 is 0 Å². The zero-order valence-electron chi connectivity index (χ0n) is 12.2. The average Bonchev–Trinajstić information content (AvgIpc) is 2.30. The van der Waals surface area contributed by atoms with Gasteiger partial charge in [0, 0.05) is 0 Å². The van der Waals surface area contributed by atoms with Crippen LogP contribution >= 0.6 is 0 Å². The Kier molecular flexibility index (Phi) is 12.7. The first kappa shape index (κ1) is 18.5. The molecule has 0 bridgehead atoms. The van der Waals surface area contributed by atoms with Gasteiger partial charge in [-0.3, -0.25) is 4.79 Å². The van der Waals surface area contributed by atoms with Crippen LogP contribution in [-0.4, -0.2) is 36.6 Å². The van der Waals surface area contributed by atoms with E-state index in [0.29, 0.717) is 0 Å². The van der Waals surface area contributed by atoms with Crippen molar-refractivity contribution in [3.05, 3.63) is 12.7 Å². The van der Waals surface area contributed by atoms with Crippen LogP contribution in [-0.2, 0) is 4.79 Å². The van der Waals surface area contributed by atoms with Gasteiger partial charge in [0.1, 0.15) is 0 Å². The largest absolute Gasteiger partial charge is 0.366 e. The maximum absolute atomic E-state index is 9.47. The molecule has 0 radical (unpaired) electrons. The Labute approximate surface area is 107 Å². The highest BCUT2D eigenvalue weighted by Crippen LogP contribution is 2.10. The van der Waals surface area contributed by atoms with E-state index in [1.54, 1.807) is 0 Å². The summed E-state index contributed by atoms with van der Waals surface area (Å²) in [5.74, 6) is -0.481. The lowest BCUT2D eigenvalue weighted by Crippen LogP contribution is -2.49. The lowest BCUT2D eigenvalue weighted by Gasteiger charge is -2.37. The molecule has 0 fully saturated rings. The van der Waals surface area contributed by atoms with Crippen LogP contribution in [0.1, 0.15) is 47.0 Å². The maximum atomic E-state index is 9.47. The molecule has 1 amide bonds. The average molecular weight is 243 g/mol. The molecule has 0 aromatic rings. The lowest BCUT2D eigenvalue weighted by molar-refractivity contribution is -0.926. The number of amides is 1. The zero-order chi connectivity index (χ0) is 13.7. The molecule has 0 saturated carbocycles. The van der Waals surface area contributed by atoms with Crippen LogP contribution in [0.25, 0.3) is 0 Å². The van der Waals surface area contributed by atoms with Crippen molar-refractivity contribution in [1.29, 1.82) is 0 Å². The summed E-state index contributed by atoms with van der Waals surface area (Å²) in [6.07, 6.45) is 5.04. The minimum Gasteiger partial charge on any atom is -0.366 e. The van der Waals surface area contributed by atoms with Crippen LogP contribution in [0.5, 0.6) is 0 Å². The normalized spacial score (nSPS) is 10.4. The van der Waals surface area contributed by atoms with Gasteiger partial charge < -0.3 is 10.2 Å². The van der Waals surface area contributed by atoms with Gasteiger partial charge in [-0.15, -0.1) is 0 Å². The van der Waals surface area contributed by atoms with E-state index in [1.165, 1.54) is 49.9 Å². The van der Waals surface area contributed by atoms with E-state index in [4.69, 9.17) is 0 Å². The van der Waals surface area contributed by atoms with Crippen LogP contribution < -0.4 is 5.73 Å². The van der Waals surface area contributed by atoms with Gasteiger partial charge in [-0.25, -0.2) is 0 Å². The third-order valence-corrected chi connectivity index (χ3v) is 2.97. The van der Waals surface area contributed by atoms with Gasteiger partial charge in [-0.05, 0) is 32.3 Å². The third kappa shape index (κ3) is 10.1. The molecule has 0 unspecified atom stereocenters. The minimum atomic E-state index is -0.481. The van der Waals surface area contributed by atoms with Gasteiger partial charge in [-0.2, -0.15) is 0 Å². The summed E-state index contributed by atoms with van der Waals surface area (Å²) >= 11 is 0. The summed E-state index contributed by atoms with van der Waals surface area (Å²) in [4.78, 5) is 9.47. The van der Waals surface area contributed by atoms with Crippen LogP contribution in [0, 0.1) is 0 Å². The highest BCUT2D eigenvalue weighted by atomic mass is 16.1. The van der Waals surface area contributed by atoms with Crippen LogP contribution in [0.2, 0.25) is 0 Å². The summed E-state index contributed by atoms with van der Waals surface area (Å²) in [7, 11) is 0. The summed E-state index contributed by atoms with van der Waals surface area (Å²) in [6.45, 7) is 17.8. The molecule has 0 aromatic heterocycles. The molecular weight excluding hydrogens is 212 g/mol. The van der Waals surface area contributed by atoms with Crippen LogP contribution in [0.3, 0.4) is 0 Å². The van der Waals surface area contributed by atoms with Gasteiger partial charge in [0.15, 0.2) is 0 Å². The van der Waals surface area contributed by atoms with Crippen molar-refractivity contribution >= 4 is 5.91 Å². The second-order valence-electron chi connectivity index (χ2n) is 4.44. The highest BCUT2D eigenvalue weighted by Gasteiger charge is 2.21. The van der Waals surface area contributed by atoms with E-state index in [-0.39, 0.29) is 0 Å². The Bertz CT molecular complexity index is 185. The predicted molar refractivity (Wildman–Crippen MR) is 75.7 cm³/mol. The van der Waals surface area contributed by atoms with Crippen molar-refractivity contribution in [1.82, 2.24) is 0 Å². The Morgan fingerprint density at radius 2 is 1.35 bits per heavy atom. The van der Waals surface area contributed by atoms with Crippen LogP contribution in [0.15, 0.2) is 12.7 Å². The monoisotopic (exact) mass is 243 g/mol. The molecule has 0 aliphatic carbocycles.